The highest BCUT2D eigenvalue weighted by Gasteiger charge is 2.33. The molecule has 1 fully saturated rings. The summed E-state index contributed by atoms with van der Waals surface area (Å²) in [4.78, 5) is 8.53. The molecule has 1 aliphatic heterocycles. The summed E-state index contributed by atoms with van der Waals surface area (Å²) in [7, 11) is -1.66. The van der Waals surface area contributed by atoms with Crippen LogP contribution in [0.5, 0.6) is 0 Å². The van der Waals surface area contributed by atoms with Crippen molar-refractivity contribution in [1.82, 2.24) is 18.2 Å². The number of aryl methyl sites for hydroxylation is 1. The Morgan fingerprint density at radius 1 is 1.24 bits per heavy atom. The first-order valence-electron chi connectivity index (χ1n) is 6.88. The summed E-state index contributed by atoms with van der Waals surface area (Å²) in [6.45, 7) is 0.986. The minimum absolute atomic E-state index is 0.235. The lowest BCUT2D eigenvalue weighted by Gasteiger charge is -2.28. The predicted molar refractivity (Wildman–Crippen MR) is 75.5 cm³/mol. The monoisotopic (exact) mass is 308 g/mol. The van der Waals surface area contributed by atoms with E-state index in [-0.39, 0.29) is 5.92 Å². The van der Waals surface area contributed by atoms with Crippen molar-refractivity contribution in [3.8, 4) is 0 Å². The van der Waals surface area contributed by atoms with Crippen LogP contribution in [0.2, 0.25) is 0 Å². The summed E-state index contributed by atoms with van der Waals surface area (Å²) in [6.07, 6.45) is 9.77. The van der Waals surface area contributed by atoms with Crippen LogP contribution in [0.3, 0.4) is 0 Å². The van der Waals surface area contributed by atoms with Gasteiger partial charge >= 0.3 is 10.2 Å². The Bertz CT molecular complexity index is 705. The molecule has 21 heavy (non-hydrogen) atoms. The quantitative estimate of drug-likeness (QED) is 0.753. The van der Waals surface area contributed by atoms with Crippen LogP contribution in [0.1, 0.15) is 24.6 Å². The smallest absolute Gasteiger partial charge is 0.241 e. The SMILES string of the molecule is C[n+]1ccn(S(=O)(=O)N2CCC(c3ncccn3)CC2)c1. The number of aromatic nitrogens is 4. The van der Waals surface area contributed by atoms with E-state index in [9.17, 15) is 8.42 Å². The van der Waals surface area contributed by atoms with E-state index in [0.29, 0.717) is 13.1 Å². The van der Waals surface area contributed by atoms with E-state index in [1.54, 1.807) is 48.8 Å². The van der Waals surface area contributed by atoms with Gasteiger partial charge in [0, 0.05) is 31.4 Å². The van der Waals surface area contributed by atoms with Gasteiger partial charge in [-0.25, -0.2) is 14.5 Å². The van der Waals surface area contributed by atoms with Gasteiger partial charge in [0.25, 0.3) is 6.33 Å². The van der Waals surface area contributed by atoms with Gasteiger partial charge in [-0.2, -0.15) is 12.7 Å². The number of imidazole rings is 1. The third kappa shape index (κ3) is 2.81. The molecule has 0 unspecified atom stereocenters. The molecule has 0 N–H and O–H groups in total. The Hall–Kier alpha value is -1.80. The zero-order valence-corrected chi connectivity index (χ0v) is 12.6. The summed E-state index contributed by atoms with van der Waals surface area (Å²) >= 11 is 0. The Balaban J connectivity index is 1.71. The summed E-state index contributed by atoms with van der Waals surface area (Å²) < 4.78 is 29.5. The molecule has 0 amide bonds. The third-order valence-corrected chi connectivity index (χ3v) is 5.51. The van der Waals surface area contributed by atoms with E-state index >= 15 is 0 Å². The lowest BCUT2D eigenvalue weighted by Crippen LogP contribution is -2.41. The highest BCUT2D eigenvalue weighted by molar-refractivity contribution is 7.87. The van der Waals surface area contributed by atoms with Crippen LogP contribution in [-0.2, 0) is 17.3 Å². The van der Waals surface area contributed by atoms with Gasteiger partial charge in [0.1, 0.15) is 18.2 Å². The first-order chi connectivity index (χ1) is 10.1. The zero-order chi connectivity index (χ0) is 14.9. The van der Waals surface area contributed by atoms with Crippen molar-refractivity contribution in [3.05, 3.63) is 43.0 Å². The fourth-order valence-corrected chi connectivity index (χ4v) is 3.98. The molecule has 3 heterocycles. The Labute approximate surface area is 124 Å². The van der Waals surface area contributed by atoms with Crippen molar-refractivity contribution in [1.29, 1.82) is 0 Å². The average Bonchev–Trinajstić information content (AvgIpc) is 2.96. The maximum absolute atomic E-state index is 12.5. The molecule has 0 aliphatic carbocycles. The number of hydrogen-bond acceptors (Lipinski definition) is 4. The van der Waals surface area contributed by atoms with E-state index in [0.717, 1.165) is 18.7 Å². The molecule has 2 aromatic rings. The maximum atomic E-state index is 12.5. The summed E-state index contributed by atoms with van der Waals surface area (Å²) in [5.41, 5.74) is 0. The van der Waals surface area contributed by atoms with Crippen LogP contribution in [0.25, 0.3) is 0 Å². The van der Waals surface area contributed by atoms with Gasteiger partial charge in [-0.1, -0.05) is 0 Å². The molecule has 3 rings (SSSR count). The fraction of sp³-hybridized carbons (Fsp3) is 0.462. The molecule has 112 valence electrons. The second-order valence-electron chi connectivity index (χ2n) is 5.20. The Morgan fingerprint density at radius 3 is 2.48 bits per heavy atom. The number of hydrogen-bond donors (Lipinski definition) is 0. The van der Waals surface area contributed by atoms with Crippen molar-refractivity contribution in [3.63, 3.8) is 0 Å². The summed E-state index contributed by atoms with van der Waals surface area (Å²) in [5, 5.41) is 0. The summed E-state index contributed by atoms with van der Waals surface area (Å²) in [6, 6.07) is 1.79. The Morgan fingerprint density at radius 2 is 1.90 bits per heavy atom. The van der Waals surface area contributed by atoms with E-state index in [1.165, 1.54) is 8.28 Å². The number of rotatable bonds is 3. The molecule has 0 atom stereocenters. The van der Waals surface area contributed by atoms with E-state index in [4.69, 9.17) is 0 Å². The van der Waals surface area contributed by atoms with Gasteiger partial charge < -0.3 is 0 Å². The van der Waals surface area contributed by atoms with E-state index in [1.807, 2.05) is 0 Å². The maximum Gasteiger partial charge on any atom is 0.379 e. The predicted octanol–water partition coefficient (Wildman–Crippen LogP) is 0.0751. The standard InChI is InChI=1S/C13H18N5O2S/c1-16-9-10-18(11-16)21(19,20)17-7-3-12(4-8-17)13-14-5-2-6-15-13/h2,5-6,9-12H,3-4,7-8H2,1H3/q+1. The van der Waals surface area contributed by atoms with Crippen LogP contribution in [0.15, 0.2) is 37.2 Å². The normalized spacial score (nSPS) is 18.0. The molecule has 0 aromatic carbocycles. The molecule has 0 bridgehead atoms. The van der Waals surface area contributed by atoms with Gasteiger partial charge in [-0.05, 0) is 18.9 Å². The highest BCUT2D eigenvalue weighted by atomic mass is 32.2. The van der Waals surface area contributed by atoms with Gasteiger partial charge in [0.2, 0.25) is 0 Å². The molecule has 2 aromatic heterocycles. The van der Waals surface area contributed by atoms with Crippen molar-refractivity contribution in [2.45, 2.75) is 18.8 Å². The second-order valence-corrected chi connectivity index (χ2v) is 7.03. The fourth-order valence-electron chi connectivity index (χ4n) is 2.56. The van der Waals surface area contributed by atoms with Crippen LogP contribution in [-0.4, -0.2) is 39.8 Å². The molecule has 8 heteroatoms. The van der Waals surface area contributed by atoms with Gasteiger partial charge in [0.15, 0.2) is 0 Å². The molecule has 7 nitrogen and oxygen atoms in total. The van der Waals surface area contributed by atoms with Crippen LogP contribution in [0.4, 0.5) is 0 Å². The summed E-state index contributed by atoms with van der Waals surface area (Å²) in [5.74, 6) is 1.04. The van der Waals surface area contributed by atoms with Crippen molar-refractivity contribution >= 4 is 10.2 Å². The molecule has 1 aliphatic rings. The Kier molecular flexibility index (Phi) is 3.73. The minimum atomic E-state index is -3.46. The first-order valence-corrected chi connectivity index (χ1v) is 8.28. The molecule has 0 spiro atoms. The van der Waals surface area contributed by atoms with Gasteiger partial charge in [0.05, 0.1) is 7.05 Å². The third-order valence-electron chi connectivity index (χ3n) is 3.74. The lowest BCUT2D eigenvalue weighted by molar-refractivity contribution is -0.670. The minimum Gasteiger partial charge on any atom is -0.241 e. The van der Waals surface area contributed by atoms with E-state index < -0.39 is 10.2 Å². The number of nitrogens with zero attached hydrogens (tertiary/aromatic N) is 5. The first kappa shape index (κ1) is 14.2. The average molecular weight is 308 g/mol. The van der Waals surface area contributed by atoms with Crippen LogP contribution < -0.4 is 4.57 Å². The molecular weight excluding hydrogens is 290 g/mol. The number of piperidine rings is 1. The van der Waals surface area contributed by atoms with Crippen LogP contribution >= 0.6 is 0 Å². The zero-order valence-electron chi connectivity index (χ0n) is 11.8. The molecule has 0 radical (unpaired) electrons. The lowest BCUT2D eigenvalue weighted by atomic mass is 9.97. The topological polar surface area (TPSA) is 72.0 Å². The highest BCUT2D eigenvalue weighted by Crippen LogP contribution is 2.26. The van der Waals surface area contributed by atoms with E-state index in [2.05, 4.69) is 9.97 Å². The van der Waals surface area contributed by atoms with Crippen molar-refractivity contribution in [2.24, 2.45) is 7.05 Å². The molecular formula is C13H18N5O2S+. The van der Waals surface area contributed by atoms with Gasteiger partial charge in [-0.3, -0.25) is 0 Å². The molecule has 1 saturated heterocycles. The van der Waals surface area contributed by atoms with Gasteiger partial charge in [-0.15, -0.1) is 3.97 Å². The largest absolute Gasteiger partial charge is 0.379 e. The molecule has 0 saturated carbocycles. The van der Waals surface area contributed by atoms with Crippen molar-refractivity contribution < 1.29 is 13.0 Å². The second kappa shape index (κ2) is 5.53. The van der Waals surface area contributed by atoms with Crippen molar-refractivity contribution in [2.75, 3.05) is 13.1 Å². The van der Waals surface area contributed by atoms with Crippen LogP contribution in [0, 0.1) is 0 Å².